The van der Waals surface area contributed by atoms with Crippen LogP contribution in [0.15, 0.2) is 47.4 Å². The molecule has 2 aliphatic rings. The predicted octanol–water partition coefficient (Wildman–Crippen LogP) is 6.51. The van der Waals surface area contributed by atoms with Gasteiger partial charge < -0.3 is 4.90 Å². The smallest absolute Gasteiger partial charge is 0.270 e. The molecule has 0 aliphatic carbocycles. The van der Waals surface area contributed by atoms with E-state index in [1.54, 1.807) is 4.90 Å². The molecule has 0 unspecified atom stereocenters. The van der Waals surface area contributed by atoms with Crippen molar-refractivity contribution in [1.82, 2.24) is 0 Å². The molecule has 156 valence electrons. The van der Waals surface area contributed by atoms with Crippen molar-refractivity contribution in [3.8, 4) is 0 Å². The third-order valence-electron chi connectivity index (χ3n) is 6.18. The number of nitrogens with zero attached hydrogens (tertiary/aromatic N) is 2. The molecule has 1 amide bonds. The van der Waals surface area contributed by atoms with Gasteiger partial charge in [-0.15, -0.1) is 0 Å². The maximum Gasteiger partial charge on any atom is 0.270 e. The largest absolute Gasteiger partial charge is 0.366 e. The summed E-state index contributed by atoms with van der Waals surface area (Å²) in [5.41, 5.74) is 5.94. The molecule has 0 radical (unpaired) electrons. The standard InChI is InChI=1S/C25H28N2OS2/c1-6-26-21-12-16(2)18(13-20(21)17(3)15-25(26,4)5)14-22-23(28)27(24(29)30-22)19-10-8-7-9-11-19/h7-14,17H,6,15H2,1-5H3/b22-14-/t17-/m1/s1. The highest BCUT2D eigenvalue weighted by Crippen LogP contribution is 2.45. The molecule has 2 aliphatic heterocycles. The number of para-hydroxylation sites is 1. The summed E-state index contributed by atoms with van der Waals surface area (Å²) in [7, 11) is 0. The maximum absolute atomic E-state index is 13.1. The number of hydrogen-bond donors (Lipinski definition) is 0. The molecule has 30 heavy (non-hydrogen) atoms. The number of thiocarbonyl (C=S) groups is 1. The Balaban J connectivity index is 1.73. The van der Waals surface area contributed by atoms with E-state index in [0.29, 0.717) is 15.1 Å². The number of rotatable bonds is 3. The number of carbonyl (C=O) groups is 1. The third-order valence-corrected chi connectivity index (χ3v) is 7.49. The van der Waals surface area contributed by atoms with Gasteiger partial charge >= 0.3 is 0 Å². The van der Waals surface area contributed by atoms with Crippen molar-refractivity contribution in [3.63, 3.8) is 0 Å². The Labute approximate surface area is 189 Å². The van der Waals surface area contributed by atoms with Gasteiger partial charge in [-0.1, -0.05) is 49.1 Å². The van der Waals surface area contributed by atoms with Gasteiger partial charge in [0.25, 0.3) is 5.91 Å². The first-order valence-electron chi connectivity index (χ1n) is 10.5. The highest BCUT2D eigenvalue weighted by Gasteiger charge is 2.36. The predicted molar refractivity (Wildman–Crippen MR) is 133 cm³/mol. The lowest BCUT2D eigenvalue weighted by Gasteiger charge is -2.47. The average Bonchev–Trinajstić information content (AvgIpc) is 2.96. The quantitative estimate of drug-likeness (QED) is 0.404. The summed E-state index contributed by atoms with van der Waals surface area (Å²) in [6.45, 7) is 12.3. The van der Waals surface area contributed by atoms with E-state index in [1.807, 2.05) is 36.4 Å². The van der Waals surface area contributed by atoms with Crippen molar-refractivity contribution < 1.29 is 4.79 Å². The minimum absolute atomic E-state index is 0.0438. The summed E-state index contributed by atoms with van der Waals surface area (Å²) in [6, 6.07) is 14.2. The van der Waals surface area contributed by atoms with Crippen molar-refractivity contribution in [2.75, 3.05) is 16.3 Å². The molecule has 0 spiro atoms. The number of anilines is 2. The molecule has 0 bridgehead atoms. The zero-order valence-electron chi connectivity index (χ0n) is 18.2. The summed E-state index contributed by atoms with van der Waals surface area (Å²) in [6.07, 6.45) is 3.13. The number of aryl methyl sites for hydroxylation is 1. The van der Waals surface area contributed by atoms with Gasteiger partial charge in [0, 0.05) is 17.8 Å². The first kappa shape index (κ1) is 21.1. The normalized spacial score (nSPS) is 22.0. The van der Waals surface area contributed by atoms with Crippen molar-refractivity contribution in [2.24, 2.45) is 0 Å². The second-order valence-corrected chi connectivity index (χ2v) is 10.5. The van der Waals surface area contributed by atoms with E-state index in [9.17, 15) is 4.79 Å². The van der Waals surface area contributed by atoms with Gasteiger partial charge in [-0.05, 0) is 87.1 Å². The fourth-order valence-electron chi connectivity index (χ4n) is 4.81. The van der Waals surface area contributed by atoms with Crippen LogP contribution in [0.5, 0.6) is 0 Å². The summed E-state index contributed by atoms with van der Waals surface area (Å²) >= 11 is 6.90. The van der Waals surface area contributed by atoms with E-state index in [1.165, 1.54) is 28.6 Å². The number of benzene rings is 2. The molecule has 2 aromatic rings. The summed E-state index contributed by atoms with van der Waals surface area (Å²) in [5.74, 6) is 0.432. The van der Waals surface area contributed by atoms with Crippen LogP contribution >= 0.6 is 24.0 Å². The molecule has 4 rings (SSSR count). The topological polar surface area (TPSA) is 23.6 Å². The average molecular weight is 437 g/mol. The number of carbonyl (C=O) groups excluding carboxylic acids is 1. The van der Waals surface area contributed by atoms with Crippen LogP contribution in [-0.2, 0) is 4.79 Å². The molecular weight excluding hydrogens is 408 g/mol. The van der Waals surface area contributed by atoms with Gasteiger partial charge in [-0.25, -0.2) is 0 Å². The lowest BCUT2D eigenvalue weighted by atomic mass is 9.79. The Bertz CT molecular complexity index is 1040. The Morgan fingerprint density at radius 3 is 2.60 bits per heavy atom. The van der Waals surface area contributed by atoms with Gasteiger partial charge in [0.15, 0.2) is 4.32 Å². The van der Waals surface area contributed by atoms with Gasteiger partial charge in [0.2, 0.25) is 0 Å². The van der Waals surface area contributed by atoms with Crippen molar-refractivity contribution in [3.05, 3.63) is 64.1 Å². The van der Waals surface area contributed by atoms with Gasteiger partial charge in [-0.3, -0.25) is 9.69 Å². The van der Waals surface area contributed by atoms with Crippen LogP contribution in [0.4, 0.5) is 11.4 Å². The van der Waals surface area contributed by atoms with Crippen molar-refractivity contribution in [1.29, 1.82) is 0 Å². The first-order valence-corrected chi connectivity index (χ1v) is 11.7. The molecule has 0 N–H and O–H groups in total. The third kappa shape index (κ3) is 3.58. The van der Waals surface area contributed by atoms with Gasteiger partial charge in [0.1, 0.15) is 0 Å². The molecule has 0 aromatic heterocycles. The van der Waals surface area contributed by atoms with Crippen molar-refractivity contribution in [2.45, 2.75) is 52.5 Å². The Morgan fingerprint density at radius 2 is 1.93 bits per heavy atom. The highest BCUT2D eigenvalue weighted by atomic mass is 32.2. The fraction of sp³-hybridized carbons (Fsp3) is 0.360. The zero-order chi connectivity index (χ0) is 21.6. The minimum atomic E-state index is -0.0438. The van der Waals surface area contributed by atoms with Gasteiger partial charge in [-0.2, -0.15) is 0 Å². The summed E-state index contributed by atoms with van der Waals surface area (Å²) in [5, 5.41) is 0. The van der Waals surface area contributed by atoms with E-state index in [-0.39, 0.29) is 11.4 Å². The number of thioether (sulfide) groups is 1. The molecule has 2 aromatic carbocycles. The Hall–Kier alpha value is -2.11. The molecule has 1 saturated heterocycles. The fourth-order valence-corrected chi connectivity index (χ4v) is 6.10. The van der Waals surface area contributed by atoms with E-state index in [4.69, 9.17) is 12.2 Å². The van der Waals surface area contributed by atoms with E-state index in [2.05, 4.69) is 51.7 Å². The van der Waals surface area contributed by atoms with E-state index < -0.39 is 0 Å². The molecule has 0 saturated carbocycles. The van der Waals surface area contributed by atoms with Crippen LogP contribution in [0.1, 0.15) is 56.7 Å². The van der Waals surface area contributed by atoms with Gasteiger partial charge in [0.05, 0.1) is 10.6 Å². The molecule has 3 nitrogen and oxygen atoms in total. The number of fused-ring (bicyclic) bond motifs is 1. The monoisotopic (exact) mass is 436 g/mol. The van der Waals surface area contributed by atoms with Crippen LogP contribution in [0, 0.1) is 6.92 Å². The lowest BCUT2D eigenvalue weighted by Crippen LogP contribution is -2.48. The molecule has 5 heteroatoms. The van der Waals surface area contributed by atoms with Crippen LogP contribution in [0.2, 0.25) is 0 Å². The molecular formula is C25H28N2OS2. The zero-order valence-corrected chi connectivity index (χ0v) is 19.9. The van der Waals surface area contributed by atoms with Crippen molar-refractivity contribution >= 4 is 51.7 Å². The van der Waals surface area contributed by atoms with Crippen LogP contribution < -0.4 is 9.80 Å². The summed E-state index contributed by atoms with van der Waals surface area (Å²) in [4.78, 5) is 17.9. The van der Waals surface area contributed by atoms with Crippen LogP contribution in [-0.4, -0.2) is 22.3 Å². The second kappa shape index (κ2) is 7.86. The minimum Gasteiger partial charge on any atom is -0.366 e. The van der Waals surface area contributed by atoms with Crippen LogP contribution in [0.3, 0.4) is 0 Å². The highest BCUT2D eigenvalue weighted by molar-refractivity contribution is 8.27. The second-order valence-electron chi connectivity index (χ2n) is 8.78. The van der Waals surface area contributed by atoms with E-state index in [0.717, 1.165) is 24.2 Å². The first-order chi connectivity index (χ1) is 14.2. The molecule has 1 fully saturated rings. The Kier molecular flexibility index (Phi) is 5.54. The summed E-state index contributed by atoms with van der Waals surface area (Å²) < 4.78 is 0.584. The number of amides is 1. The SMILES string of the molecule is CCN1c2cc(C)c(/C=C3\SC(=S)N(c4ccccc4)C3=O)cc2[C@H](C)CC1(C)C. The number of hydrogen-bond acceptors (Lipinski definition) is 4. The molecule has 1 atom stereocenters. The maximum atomic E-state index is 13.1. The van der Waals surface area contributed by atoms with Crippen LogP contribution in [0.25, 0.3) is 6.08 Å². The Morgan fingerprint density at radius 1 is 1.23 bits per heavy atom. The molecule has 2 heterocycles. The van der Waals surface area contributed by atoms with E-state index >= 15 is 0 Å². The lowest BCUT2D eigenvalue weighted by molar-refractivity contribution is -0.113.